The average Bonchev–Trinajstić information content (AvgIpc) is 3.11. The van der Waals surface area contributed by atoms with Gasteiger partial charge < -0.3 is 9.64 Å². The van der Waals surface area contributed by atoms with Crippen LogP contribution in [0.5, 0.6) is 0 Å². The van der Waals surface area contributed by atoms with Gasteiger partial charge in [0.1, 0.15) is 5.01 Å². The quantitative estimate of drug-likeness (QED) is 0.802. The van der Waals surface area contributed by atoms with Crippen molar-refractivity contribution in [1.29, 1.82) is 0 Å². The third kappa shape index (κ3) is 4.25. The lowest BCUT2D eigenvalue weighted by Gasteiger charge is -2.34. The van der Waals surface area contributed by atoms with Crippen LogP contribution in [0, 0.1) is 12.8 Å². The van der Waals surface area contributed by atoms with E-state index in [4.69, 9.17) is 4.74 Å². The molecule has 1 saturated heterocycles. The molecule has 3 rings (SSSR count). The van der Waals surface area contributed by atoms with E-state index in [1.807, 2.05) is 0 Å². The van der Waals surface area contributed by atoms with Crippen molar-refractivity contribution in [3.63, 3.8) is 0 Å². The van der Waals surface area contributed by atoms with Gasteiger partial charge in [-0.3, -0.25) is 4.90 Å². The summed E-state index contributed by atoms with van der Waals surface area (Å²) in [4.78, 5) is 9.49. The van der Waals surface area contributed by atoms with E-state index in [0.29, 0.717) is 6.10 Å². The number of ether oxygens (including phenoxy) is 1. The molecular formula is C15H25N3OS. The van der Waals surface area contributed by atoms with Crippen molar-refractivity contribution in [2.24, 2.45) is 5.92 Å². The second kappa shape index (κ2) is 6.52. The van der Waals surface area contributed by atoms with Gasteiger partial charge >= 0.3 is 0 Å². The summed E-state index contributed by atoms with van der Waals surface area (Å²) in [5, 5.41) is 3.37. The number of aromatic nitrogens is 1. The van der Waals surface area contributed by atoms with Gasteiger partial charge in [-0.15, -0.1) is 11.3 Å². The minimum atomic E-state index is 0.355. The highest BCUT2D eigenvalue weighted by atomic mass is 32.1. The number of likely N-dealkylation sites (N-methyl/N-ethyl adjacent to an activating group) is 1. The molecule has 2 fully saturated rings. The lowest BCUT2D eigenvalue weighted by Crippen LogP contribution is -2.46. The van der Waals surface area contributed by atoms with E-state index >= 15 is 0 Å². The summed E-state index contributed by atoms with van der Waals surface area (Å²) in [7, 11) is 2.23. The van der Waals surface area contributed by atoms with Crippen LogP contribution in [0.25, 0.3) is 0 Å². The van der Waals surface area contributed by atoms with Gasteiger partial charge in [0, 0.05) is 37.3 Å². The molecule has 0 radical (unpaired) electrons. The fourth-order valence-corrected chi connectivity index (χ4v) is 3.68. The molecule has 2 aliphatic rings. The van der Waals surface area contributed by atoms with Crippen molar-refractivity contribution in [1.82, 2.24) is 14.8 Å². The Hall–Kier alpha value is -0.490. The van der Waals surface area contributed by atoms with E-state index in [1.165, 1.54) is 24.4 Å². The molecule has 4 nitrogen and oxygen atoms in total. The molecule has 20 heavy (non-hydrogen) atoms. The number of morpholine rings is 1. The molecule has 1 atom stereocenters. The van der Waals surface area contributed by atoms with Gasteiger partial charge in [-0.25, -0.2) is 4.98 Å². The normalized spacial score (nSPS) is 24.4. The van der Waals surface area contributed by atoms with Gasteiger partial charge in [0.05, 0.1) is 19.3 Å². The lowest BCUT2D eigenvalue weighted by atomic mass is 10.2. The Morgan fingerprint density at radius 2 is 2.30 bits per heavy atom. The maximum absolute atomic E-state index is 5.92. The first-order valence-corrected chi connectivity index (χ1v) is 8.50. The van der Waals surface area contributed by atoms with E-state index in [1.54, 1.807) is 11.3 Å². The van der Waals surface area contributed by atoms with Gasteiger partial charge in [-0.1, -0.05) is 0 Å². The largest absolute Gasteiger partial charge is 0.374 e. The van der Waals surface area contributed by atoms with E-state index in [-0.39, 0.29) is 0 Å². The van der Waals surface area contributed by atoms with Crippen LogP contribution in [0.2, 0.25) is 0 Å². The average molecular weight is 295 g/mol. The molecule has 0 N–H and O–H groups in total. The van der Waals surface area contributed by atoms with Crippen LogP contribution < -0.4 is 0 Å². The van der Waals surface area contributed by atoms with Crippen LogP contribution in [-0.2, 0) is 11.3 Å². The maximum Gasteiger partial charge on any atom is 0.107 e. The summed E-state index contributed by atoms with van der Waals surface area (Å²) in [5.41, 5.74) is 1.14. The molecule has 1 aromatic rings. The van der Waals surface area contributed by atoms with E-state index in [0.717, 1.165) is 44.4 Å². The molecule has 0 aromatic carbocycles. The summed E-state index contributed by atoms with van der Waals surface area (Å²) < 4.78 is 5.92. The zero-order valence-electron chi connectivity index (χ0n) is 12.5. The molecule has 1 aliphatic heterocycles. The molecule has 0 unspecified atom stereocenters. The predicted octanol–water partition coefficient (Wildman–Crippen LogP) is 1.99. The summed E-state index contributed by atoms with van der Waals surface area (Å²) in [5.74, 6) is 0.956. The Bertz CT molecular complexity index is 433. The molecule has 0 bridgehead atoms. The summed E-state index contributed by atoms with van der Waals surface area (Å²) >= 11 is 1.77. The van der Waals surface area contributed by atoms with Crippen molar-refractivity contribution < 1.29 is 4.74 Å². The van der Waals surface area contributed by atoms with Gasteiger partial charge in [0.2, 0.25) is 0 Å². The third-order valence-electron chi connectivity index (χ3n) is 4.03. The zero-order chi connectivity index (χ0) is 13.9. The Balaban J connectivity index is 1.45. The van der Waals surface area contributed by atoms with Crippen LogP contribution in [0.1, 0.15) is 23.5 Å². The van der Waals surface area contributed by atoms with Gasteiger partial charge in [0.15, 0.2) is 0 Å². The Kier molecular flexibility index (Phi) is 4.71. The Morgan fingerprint density at radius 3 is 3.00 bits per heavy atom. The molecule has 2 heterocycles. The molecule has 112 valence electrons. The van der Waals surface area contributed by atoms with E-state index in [9.17, 15) is 0 Å². The predicted molar refractivity (Wildman–Crippen MR) is 82.1 cm³/mol. The SMILES string of the molecule is Cc1csc(CN2CCO[C@H](CN(C)CC3CC3)C2)n1. The smallest absolute Gasteiger partial charge is 0.107 e. The van der Waals surface area contributed by atoms with Crippen LogP contribution in [-0.4, -0.2) is 60.7 Å². The second-order valence-electron chi connectivity index (χ2n) is 6.28. The van der Waals surface area contributed by atoms with Crippen molar-refractivity contribution in [2.45, 2.75) is 32.4 Å². The third-order valence-corrected chi connectivity index (χ3v) is 4.98. The molecule has 1 aromatic heterocycles. The van der Waals surface area contributed by atoms with Crippen LogP contribution in [0.15, 0.2) is 5.38 Å². The number of hydrogen-bond donors (Lipinski definition) is 0. The molecule has 1 saturated carbocycles. The highest BCUT2D eigenvalue weighted by molar-refractivity contribution is 7.09. The first-order valence-electron chi connectivity index (χ1n) is 7.62. The van der Waals surface area contributed by atoms with Crippen molar-refractivity contribution in [2.75, 3.05) is 39.8 Å². The van der Waals surface area contributed by atoms with Crippen molar-refractivity contribution in [3.05, 3.63) is 16.1 Å². The van der Waals surface area contributed by atoms with Crippen molar-refractivity contribution in [3.8, 4) is 0 Å². The highest BCUT2D eigenvalue weighted by Gasteiger charge is 2.26. The summed E-state index contributed by atoms with van der Waals surface area (Å²) in [6, 6.07) is 0. The Morgan fingerprint density at radius 1 is 1.45 bits per heavy atom. The number of rotatable bonds is 6. The first-order chi connectivity index (χ1) is 9.69. The van der Waals surface area contributed by atoms with E-state index in [2.05, 4.69) is 34.1 Å². The lowest BCUT2D eigenvalue weighted by molar-refractivity contribution is -0.0434. The second-order valence-corrected chi connectivity index (χ2v) is 7.22. The minimum absolute atomic E-state index is 0.355. The number of thiazole rings is 1. The number of nitrogens with zero attached hydrogens (tertiary/aromatic N) is 3. The monoisotopic (exact) mass is 295 g/mol. The van der Waals surface area contributed by atoms with Crippen LogP contribution in [0.3, 0.4) is 0 Å². The van der Waals surface area contributed by atoms with Gasteiger partial charge in [-0.2, -0.15) is 0 Å². The molecule has 0 spiro atoms. The van der Waals surface area contributed by atoms with E-state index < -0.39 is 0 Å². The number of aryl methyl sites for hydroxylation is 1. The first kappa shape index (κ1) is 14.4. The highest BCUT2D eigenvalue weighted by Crippen LogP contribution is 2.29. The fourth-order valence-electron chi connectivity index (χ4n) is 2.86. The standard InChI is InChI=1S/C15H25N3OS/c1-12-11-20-15(16-12)10-18-5-6-19-14(9-18)8-17(2)7-13-3-4-13/h11,13-14H,3-10H2,1-2H3/t14-/m1/s1. The molecule has 1 aliphatic carbocycles. The summed E-state index contributed by atoms with van der Waals surface area (Å²) in [6.07, 6.45) is 3.20. The topological polar surface area (TPSA) is 28.6 Å². The van der Waals surface area contributed by atoms with Gasteiger partial charge in [0.25, 0.3) is 0 Å². The molecule has 5 heteroatoms. The van der Waals surface area contributed by atoms with Crippen molar-refractivity contribution >= 4 is 11.3 Å². The Labute approximate surface area is 125 Å². The zero-order valence-corrected chi connectivity index (χ0v) is 13.4. The molecule has 0 amide bonds. The fraction of sp³-hybridized carbons (Fsp3) is 0.800. The van der Waals surface area contributed by atoms with Gasteiger partial charge in [-0.05, 0) is 32.7 Å². The minimum Gasteiger partial charge on any atom is -0.374 e. The van der Waals surface area contributed by atoms with Crippen LogP contribution in [0.4, 0.5) is 0 Å². The molecular weight excluding hydrogens is 270 g/mol. The maximum atomic E-state index is 5.92. The summed E-state index contributed by atoms with van der Waals surface area (Å²) in [6.45, 7) is 8.26. The van der Waals surface area contributed by atoms with Crippen LogP contribution >= 0.6 is 11.3 Å². The number of hydrogen-bond acceptors (Lipinski definition) is 5.